The highest BCUT2D eigenvalue weighted by atomic mass is 35.5. The predicted molar refractivity (Wildman–Crippen MR) is 97.5 cm³/mol. The largest absolute Gasteiger partial charge is 0.309 e. The fourth-order valence-electron chi connectivity index (χ4n) is 2.73. The lowest BCUT2D eigenvalue weighted by atomic mass is 10.2. The van der Waals surface area contributed by atoms with Gasteiger partial charge in [-0.2, -0.15) is 17.9 Å². The summed E-state index contributed by atoms with van der Waals surface area (Å²) in [6.45, 7) is 0.430. The molecule has 0 spiro atoms. The average Bonchev–Trinajstić information content (AvgIpc) is 2.94. The van der Waals surface area contributed by atoms with Gasteiger partial charge in [-0.05, 0) is 17.7 Å². The number of para-hydroxylation sites is 1. The molecule has 2 aromatic rings. The normalized spacial score (nSPS) is 17.9. The minimum atomic E-state index is -3.71. The van der Waals surface area contributed by atoms with Crippen LogP contribution in [0.1, 0.15) is 12.0 Å². The molecule has 0 unspecified atom stereocenters. The third-order valence-electron chi connectivity index (χ3n) is 3.90. The molecule has 3 rings (SSSR count). The highest BCUT2D eigenvalue weighted by Gasteiger charge is 2.33. The van der Waals surface area contributed by atoms with E-state index in [0.29, 0.717) is 10.7 Å². The van der Waals surface area contributed by atoms with E-state index in [0.717, 1.165) is 5.56 Å². The molecular formula is C17H18ClN3O3S. The lowest BCUT2D eigenvalue weighted by Gasteiger charge is -2.18. The van der Waals surface area contributed by atoms with Crippen LogP contribution >= 0.6 is 11.6 Å². The first-order chi connectivity index (χ1) is 11.9. The van der Waals surface area contributed by atoms with Crippen LogP contribution in [0.2, 0.25) is 5.02 Å². The van der Waals surface area contributed by atoms with Crippen molar-refractivity contribution in [2.24, 2.45) is 0 Å². The minimum absolute atomic E-state index is 0.0947. The molecule has 0 saturated carbocycles. The third-order valence-corrected chi connectivity index (χ3v) is 5.39. The number of carbonyl (C=O) groups is 1. The van der Waals surface area contributed by atoms with E-state index in [2.05, 4.69) is 9.44 Å². The van der Waals surface area contributed by atoms with Crippen LogP contribution in [0.25, 0.3) is 0 Å². The van der Waals surface area contributed by atoms with E-state index in [1.807, 2.05) is 30.3 Å². The summed E-state index contributed by atoms with van der Waals surface area (Å²) in [7, 11) is -3.71. The Balaban J connectivity index is 1.62. The first kappa shape index (κ1) is 17.9. The van der Waals surface area contributed by atoms with Crippen molar-refractivity contribution < 1.29 is 13.2 Å². The van der Waals surface area contributed by atoms with Crippen molar-refractivity contribution in [2.45, 2.75) is 19.0 Å². The van der Waals surface area contributed by atoms with E-state index in [-0.39, 0.29) is 25.4 Å². The Bertz CT molecular complexity index is 858. The average molecular weight is 380 g/mol. The number of amides is 1. The fraction of sp³-hybridized carbons (Fsp3) is 0.235. The van der Waals surface area contributed by atoms with Crippen LogP contribution in [0.5, 0.6) is 0 Å². The predicted octanol–water partition coefficient (Wildman–Crippen LogP) is 2.07. The van der Waals surface area contributed by atoms with E-state index in [1.54, 1.807) is 24.3 Å². The molecule has 1 saturated heterocycles. The van der Waals surface area contributed by atoms with Gasteiger partial charge in [-0.3, -0.25) is 4.79 Å². The topological polar surface area (TPSA) is 78.5 Å². The van der Waals surface area contributed by atoms with Crippen molar-refractivity contribution >= 4 is 33.4 Å². The second-order valence-electron chi connectivity index (χ2n) is 5.78. The maximum atomic E-state index is 12.2. The Labute approximate surface area is 152 Å². The molecule has 1 aliphatic heterocycles. The van der Waals surface area contributed by atoms with E-state index in [4.69, 9.17) is 11.6 Å². The summed E-state index contributed by atoms with van der Waals surface area (Å²) in [4.78, 5) is 13.7. The van der Waals surface area contributed by atoms with Gasteiger partial charge in [0.2, 0.25) is 5.91 Å². The van der Waals surface area contributed by atoms with Gasteiger partial charge in [0.25, 0.3) is 10.2 Å². The van der Waals surface area contributed by atoms with Crippen LogP contribution < -0.4 is 14.3 Å². The number of anilines is 1. The molecule has 0 aromatic heterocycles. The molecule has 1 atom stereocenters. The molecule has 132 valence electrons. The Morgan fingerprint density at radius 1 is 1.08 bits per heavy atom. The molecule has 0 aliphatic carbocycles. The second-order valence-corrected chi connectivity index (χ2v) is 7.72. The second kappa shape index (κ2) is 7.53. The van der Waals surface area contributed by atoms with E-state index < -0.39 is 16.3 Å². The van der Waals surface area contributed by atoms with Crippen molar-refractivity contribution in [3.63, 3.8) is 0 Å². The van der Waals surface area contributed by atoms with Crippen molar-refractivity contribution in [1.29, 1.82) is 0 Å². The van der Waals surface area contributed by atoms with Gasteiger partial charge >= 0.3 is 0 Å². The summed E-state index contributed by atoms with van der Waals surface area (Å²) in [5, 5.41) is 0.460. The molecule has 1 amide bonds. The molecule has 2 N–H and O–H groups in total. The first-order valence-electron chi connectivity index (χ1n) is 7.80. The van der Waals surface area contributed by atoms with Crippen molar-refractivity contribution in [3.05, 3.63) is 65.2 Å². The van der Waals surface area contributed by atoms with Crippen molar-refractivity contribution in [3.8, 4) is 0 Å². The molecule has 1 aliphatic rings. The van der Waals surface area contributed by atoms with E-state index in [9.17, 15) is 13.2 Å². The highest BCUT2D eigenvalue weighted by Crippen LogP contribution is 2.29. The summed E-state index contributed by atoms with van der Waals surface area (Å²) in [5.41, 5.74) is 1.45. The molecular weight excluding hydrogens is 362 g/mol. The summed E-state index contributed by atoms with van der Waals surface area (Å²) in [6.07, 6.45) is 0.0947. The maximum absolute atomic E-state index is 12.2. The number of carbonyl (C=O) groups excluding carboxylic acids is 1. The van der Waals surface area contributed by atoms with Gasteiger partial charge in [-0.15, -0.1) is 0 Å². The SMILES string of the molecule is O=C1C[C@@H](NS(=O)(=O)NCc2ccccc2)CN1c1ccccc1Cl. The Morgan fingerprint density at radius 3 is 2.48 bits per heavy atom. The fourth-order valence-corrected chi connectivity index (χ4v) is 4.00. The molecule has 2 aromatic carbocycles. The van der Waals surface area contributed by atoms with Gasteiger partial charge in [0.05, 0.1) is 10.7 Å². The molecule has 6 nitrogen and oxygen atoms in total. The smallest absolute Gasteiger partial charge is 0.277 e. The number of halogens is 1. The minimum Gasteiger partial charge on any atom is -0.309 e. The molecule has 0 radical (unpaired) electrons. The molecule has 1 fully saturated rings. The lowest BCUT2D eigenvalue weighted by Crippen LogP contribution is -2.43. The van der Waals surface area contributed by atoms with Gasteiger partial charge < -0.3 is 4.90 Å². The molecule has 1 heterocycles. The summed E-state index contributed by atoms with van der Waals surface area (Å²) in [5.74, 6) is -0.163. The summed E-state index contributed by atoms with van der Waals surface area (Å²) < 4.78 is 29.4. The van der Waals surface area contributed by atoms with Gasteiger partial charge in [-0.25, -0.2) is 0 Å². The molecule has 25 heavy (non-hydrogen) atoms. The van der Waals surface area contributed by atoms with Crippen LogP contribution in [0, 0.1) is 0 Å². The summed E-state index contributed by atoms with van der Waals surface area (Å²) in [6, 6.07) is 15.7. The van der Waals surface area contributed by atoms with Crippen LogP contribution in [0.3, 0.4) is 0 Å². The number of hydrogen-bond acceptors (Lipinski definition) is 3. The standard InChI is InChI=1S/C17H18ClN3O3S/c18-15-8-4-5-9-16(15)21-12-14(10-17(21)22)20-25(23,24)19-11-13-6-2-1-3-7-13/h1-9,14,19-20H,10-12H2/t14-/m1/s1. The number of hydrogen-bond donors (Lipinski definition) is 2. The third kappa shape index (κ3) is 4.58. The van der Waals surface area contributed by atoms with Crippen LogP contribution in [0.4, 0.5) is 5.69 Å². The summed E-state index contributed by atoms with van der Waals surface area (Å²) >= 11 is 6.12. The molecule has 8 heteroatoms. The number of rotatable bonds is 6. The number of benzene rings is 2. The Kier molecular flexibility index (Phi) is 5.39. The van der Waals surface area contributed by atoms with E-state index >= 15 is 0 Å². The van der Waals surface area contributed by atoms with E-state index in [1.165, 1.54) is 4.90 Å². The Hall–Kier alpha value is -1.93. The van der Waals surface area contributed by atoms with Crippen molar-refractivity contribution in [2.75, 3.05) is 11.4 Å². The van der Waals surface area contributed by atoms with Gasteiger partial charge in [0.15, 0.2) is 0 Å². The number of nitrogens with zero attached hydrogens (tertiary/aromatic N) is 1. The number of nitrogens with one attached hydrogen (secondary N) is 2. The lowest BCUT2D eigenvalue weighted by molar-refractivity contribution is -0.117. The zero-order valence-electron chi connectivity index (χ0n) is 13.4. The van der Waals surface area contributed by atoms with Crippen molar-refractivity contribution in [1.82, 2.24) is 9.44 Å². The molecule has 0 bridgehead atoms. The zero-order chi connectivity index (χ0) is 17.9. The van der Waals surface area contributed by atoms with Crippen LogP contribution in [-0.4, -0.2) is 26.9 Å². The van der Waals surface area contributed by atoms with Gasteiger partial charge in [-0.1, -0.05) is 54.1 Å². The maximum Gasteiger partial charge on any atom is 0.277 e. The first-order valence-corrected chi connectivity index (χ1v) is 9.66. The zero-order valence-corrected chi connectivity index (χ0v) is 14.9. The van der Waals surface area contributed by atoms with Crippen LogP contribution in [-0.2, 0) is 21.5 Å². The van der Waals surface area contributed by atoms with Gasteiger partial charge in [0.1, 0.15) is 0 Å². The quantitative estimate of drug-likeness (QED) is 0.806. The van der Waals surface area contributed by atoms with Crippen LogP contribution in [0.15, 0.2) is 54.6 Å². The monoisotopic (exact) mass is 379 g/mol. The van der Waals surface area contributed by atoms with Gasteiger partial charge in [0, 0.05) is 25.6 Å². The Morgan fingerprint density at radius 2 is 1.76 bits per heavy atom. The highest BCUT2D eigenvalue weighted by molar-refractivity contribution is 7.87.